The van der Waals surface area contributed by atoms with Gasteiger partial charge in [-0.05, 0) is 43.8 Å². The predicted octanol–water partition coefficient (Wildman–Crippen LogP) is 2.65. The first-order valence-electron chi connectivity index (χ1n) is 6.68. The van der Waals surface area contributed by atoms with Gasteiger partial charge in [0.05, 0.1) is 18.6 Å². The molecule has 1 unspecified atom stereocenters. The van der Waals surface area contributed by atoms with E-state index in [4.69, 9.17) is 10.2 Å². The summed E-state index contributed by atoms with van der Waals surface area (Å²) in [6.07, 6.45) is 6.16. The Labute approximate surface area is 104 Å². The quantitative estimate of drug-likeness (QED) is 0.874. The van der Waals surface area contributed by atoms with Gasteiger partial charge in [-0.3, -0.25) is 4.90 Å². The highest BCUT2D eigenvalue weighted by Gasteiger charge is 2.26. The van der Waals surface area contributed by atoms with Crippen LogP contribution in [-0.2, 0) is 0 Å². The van der Waals surface area contributed by atoms with Gasteiger partial charge in [0.25, 0.3) is 0 Å². The Bertz CT molecular complexity index is 313. The van der Waals surface area contributed by atoms with Crippen molar-refractivity contribution in [2.75, 3.05) is 19.6 Å². The van der Waals surface area contributed by atoms with E-state index in [1.54, 1.807) is 6.26 Å². The smallest absolute Gasteiger partial charge is 0.0950 e. The van der Waals surface area contributed by atoms with Gasteiger partial charge in [0, 0.05) is 12.1 Å². The summed E-state index contributed by atoms with van der Waals surface area (Å²) in [5.41, 5.74) is 7.12. The van der Waals surface area contributed by atoms with Gasteiger partial charge in [-0.25, -0.2) is 0 Å². The Morgan fingerprint density at radius 3 is 2.59 bits per heavy atom. The van der Waals surface area contributed by atoms with Gasteiger partial charge >= 0.3 is 0 Å². The molecule has 1 aliphatic rings. The van der Waals surface area contributed by atoms with Crippen molar-refractivity contribution in [3.63, 3.8) is 0 Å². The summed E-state index contributed by atoms with van der Waals surface area (Å²) in [7, 11) is 0. The molecule has 2 rings (SSSR count). The van der Waals surface area contributed by atoms with Crippen molar-refractivity contribution in [1.82, 2.24) is 4.90 Å². The number of rotatable bonds is 4. The second kappa shape index (κ2) is 5.69. The lowest BCUT2D eigenvalue weighted by Gasteiger charge is -2.38. The fraction of sp³-hybridized carbons (Fsp3) is 0.714. The van der Waals surface area contributed by atoms with Gasteiger partial charge in [0.15, 0.2) is 0 Å². The molecule has 3 heteroatoms. The maximum Gasteiger partial charge on any atom is 0.0950 e. The van der Waals surface area contributed by atoms with Crippen LogP contribution in [0.5, 0.6) is 0 Å². The van der Waals surface area contributed by atoms with Crippen LogP contribution in [0.4, 0.5) is 0 Å². The lowest BCUT2D eigenvalue weighted by molar-refractivity contribution is 0.117. The Morgan fingerprint density at radius 1 is 1.41 bits per heavy atom. The molecule has 0 radical (unpaired) electrons. The largest absolute Gasteiger partial charge is 0.472 e. The van der Waals surface area contributed by atoms with Crippen LogP contribution in [0.25, 0.3) is 0 Å². The molecule has 1 aliphatic heterocycles. The average Bonchev–Trinajstić information content (AvgIpc) is 2.84. The molecule has 0 bridgehead atoms. The highest BCUT2D eigenvalue weighted by atomic mass is 16.3. The Balaban J connectivity index is 1.95. The predicted molar refractivity (Wildman–Crippen MR) is 69.6 cm³/mol. The zero-order valence-corrected chi connectivity index (χ0v) is 10.9. The molecule has 0 aliphatic carbocycles. The van der Waals surface area contributed by atoms with Crippen molar-refractivity contribution in [2.24, 2.45) is 17.6 Å². The molecule has 1 fully saturated rings. The molecule has 2 heterocycles. The van der Waals surface area contributed by atoms with Crippen molar-refractivity contribution in [1.29, 1.82) is 0 Å². The van der Waals surface area contributed by atoms with E-state index in [0.717, 1.165) is 24.9 Å². The second-order valence-corrected chi connectivity index (χ2v) is 5.43. The minimum Gasteiger partial charge on any atom is -0.472 e. The fourth-order valence-electron chi connectivity index (χ4n) is 2.86. The summed E-state index contributed by atoms with van der Waals surface area (Å²) >= 11 is 0. The van der Waals surface area contributed by atoms with Crippen LogP contribution in [0, 0.1) is 11.8 Å². The van der Waals surface area contributed by atoms with E-state index in [2.05, 4.69) is 18.7 Å². The van der Waals surface area contributed by atoms with Crippen molar-refractivity contribution in [3.8, 4) is 0 Å². The summed E-state index contributed by atoms with van der Waals surface area (Å²) in [6, 6.07) is 2.37. The van der Waals surface area contributed by atoms with Gasteiger partial charge in [0.1, 0.15) is 0 Å². The standard InChI is InChI=1S/C14H24N2O/c1-11(2)12-3-6-16(7-4-12)14(9-15)13-5-8-17-10-13/h5,8,10-12,14H,3-4,6-7,9,15H2,1-2H3. The Kier molecular flexibility index (Phi) is 4.24. The van der Waals surface area contributed by atoms with Crippen LogP contribution in [-0.4, -0.2) is 24.5 Å². The molecule has 0 aromatic carbocycles. The normalized spacial score (nSPS) is 20.9. The minimum absolute atomic E-state index is 0.335. The molecule has 0 amide bonds. The molecule has 1 aromatic heterocycles. The van der Waals surface area contributed by atoms with Crippen LogP contribution in [0.1, 0.15) is 38.3 Å². The lowest BCUT2D eigenvalue weighted by Crippen LogP contribution is -2.40. The summed E-state index contributed by atoms with van der Waals surface area (Å²) in [4.78, 5) is 2.50. The fourth-order valence-corrected chi connectivity index (χ4v) is 2.86. The molecular weight excluding hydrogens is 212 g/mol. The van der Waals surface area contributed by atoms with Crippen LogP contribution < -0.4 is 5.73 Å². The SMILES string of the molecule is CC(C)C1CCN(C(CN)c2ccoc2)CC1. The number of nitrogens with zero attached hydrogens (tertiary/aromatic N) is 1. The first-order chi connectivity index (χ1) is 8.22. The molecule has 17 heavy (non-hydrogen) atoms. The van der Waals surface area contributed by atoms with E-state index in [9.17, 15) is 0 Å². The van der Waals surface area contributed by atoms with E-state index in [0.29, 0.717) is 12.6 Å². The van der Waals surface area contributed by atoms with Crippen LogP contribution in [0.15, 0.2) is 23.0 Å². The zero-order valence-electron chi connectivity index (χ0n) is 10.9. The monoisotopic (exact) mass is 236 g/mol. The molecular formula is C14H24N2O. The van der Waals surface area contributed by atoms with Crippen molar-refractivity contribution >= 4 is 0 Å². The average molecular weight is 236 g/mol. The van der Waals surface area contributed by atoms with Crippen LogP contribution >= 0.6 is 0 Å². The number of hydrogen-bond acceptors (Lipinski definition) is 3. The highest BCUT2D eigenvalue weighted by Crippen LogP contribution is 2.29. The van der Waals surface area contributed by atoms with E-state index < -0.39 is 0 Å². The molecule has 2 N–H and O–H groups in total. The summed E-state index contributed by atoms with van der Waals surface area (Å²) < 4.78 is 5.17. The third kappa shape index (κ3) is 2.90. The molecule has 0 spiro atoms. The molecule has 96 valence electrons. The van der Waals surface area contributed by atoms with Crippen LogP contribution in [0.3, 0.4) is 0 Å². The van der Waals surface area contributed by atoms with Crippen molar-refractivity contribution in [3.05, 3.63) is 24.2 Å². The van der Waals surface area contributed by atoms with Gasteiger partial charge in [-0.15, -0.1) is 0 Å². The second-order valence-electron chi connectivity index (χ2n) is 5.43. The first kappa shape index (κ1) is 12.7. The van der Waals surface area contributed by atoms with E-state index in [1.807, 2.05) is 12.3 Å². The van der Waals surface area contributed by atoms with Gasteiger partial charge in [0.2, 0.25) is 0 Å². The first-order valence-corrected chi connectivity index (χ1v) is 6.68. The lowest BCUT2D eigenvalue weighted by atomic mass is 9.86. The Morgan fingerprint density at radius 2 is 2.12 bits per heavy atom. The van der Waals surface area contributed by atoms with Crippen LogP contribution in [0.2, 0.25) is 0 Å². The highest BCUT2D eigenvalue weighted by molar-refractivity contribution is 5.12. The van der Waals surface area contributed by atoms with Gasteiger partial charge in [-0.1, -0.05) is 13.8 Å². The Hall–Kier alpha value is -0.800. The summed E-state index contributed by atoms with van der Waals surface area (Å²) in [6.45, 7) is 7.66. The maximum atomic E-state index is 5.91. The third-order valence-electron chi connectivity index (χ3n) is 4.11. The van der Waals surface area contributed by atoms with Gasteiger partial charge in [-0.2, -0.15) is 0 Å². The molecule has 0 saturated carbocycles. The molecule has 1 atom stereocenters. The zero-order chi connectivity index (χ0) is 12.3. The number of likely N-dealkylation sites (tertiary alicyclic amines) is 1. The van der Waals surface area contributed by atoms with E-state index in [1.165, 1.54) is 18.4 Å². The number of piperidine rings is 1. The summed E-state index contributed by atoms with van der Waals surface area (Å²) in [5.74, 6) is 1.69. The third-order valence-corrected chi connectivity index (χ3v) is 4.11. The number of furan rings is 1. The minimum atomic E-state index is 0.335. The van der Waals surface area contributed by atoms with Crippen molar-refractivity contribution in [2.45, 2.75) is 32.7 Å². The molecule has 1 saturated heterocycles. The summed E-state index contributed by atoms with van der Waals surface area (Å²) in [5, 5.41) is 0. The van der Waals surface area contributed by atoms with Gasteiger partial charge < -0.3 is 10.2 Å². The number of hydrogen-bond donors (Lipinski definition) is 1. The maximum absolute atomic E-state index is 5.91. The number of nitrogens with two attached hydrogens (primary N) is 1. The van der Waals surface area contributed by atoms with Crippen molar-refractivity contribution < 1.29 is 4.42 Å². The molecule has 3 nitrogen and oxygen atoms in total. The molecule has 1 aromatic rings. The van der Waals surface area contributed by atoms with E-state index in [-0.39, 0.29) is 0 Å². The van der Waals surface area contributed by atoms with E-state index >= 15 is 0 Å². The topological polar surface area (TPSA) is 42.4 Å².